The Morgan fingerprint density at radius 1 is 1.47 bits per heavy atom. The van der Waals surface area contributed by atoms with Crippen LogP contribution < -0.4 is 4.74 Å². The minimum absolute atomic E-state index is 0.469. The molecule has 3 heteroatoms. The van der Waals surface area contributed by atoms with Gasteiger partial charge >= 0.3 is 0 Å². The van der Waals surface area contributed by atoms with Gasteiger partial charge in [0.15, 0.2) is 0 Å². The topological polar surface area (TPSA) is 45.9 Å². The van der Waals surface area contributed by atoms with Crippen LogP contribution in [0.4, 0.5) is 0 Å². The van der Waals surface area contributed by atoms with Gasteiger partial charge in [0.25, 0.3) is 0 Å². The molecular formula is C14H16N2O. The quantitative estimate of drug-likeness (QED) is 0.747. The third kappa shape index (κ3) is 2.65. The number of aryl methyl sites for hydroxylation is 2. The number of hydrogen-bond donors (Lipinski definition) is 0. The molecule has 1 heterocycles. The highest BCUT2D eigenvalue weighted by molar-refractivity contribution is 5.43. The second-order valence-corrected chi connectivity index (χ2v) is 4.15. The molecule has 0 fully saturated rings. The lowest BCUT2D eigenvalue weighted by Crippen LogP contribution is -2.08. The number of nitriles is 1. The maximum Gasteiger partial charge on any atom is 0.232 e. The number of fused-ring (bicyclic) bond motifs is 1. The van der Waals surface area contributed by atoms with E-state index in [0.29, 0.717) is 18.1 Å². The monoisotopic (exact) mass is 228 g/mol. The molecule has 0 bridgehead atoms. The van der Waals surface area contributed by atoms with E-state index in [1.807, 2.05) is 25.1 Å². The van der Waals surface area contributed by atoms with E-state index >= 15 is 0 Å². The van der Waals surface area contributed by atoms with Gasteiger partial charge in [0.1, 0.15) is 18.2 Å². The molecule has 1 aromatic rings. The molecule has 0 saturated carbocycles. The van der Waals surface area contributed by atoms with Crippen molar-refractivity contribution in [2.45, 2.75) is 32.6 Å². The van der Waals surface area contributed by atoms with E-state index in [2.05, 4.69) is 11.1 Å². The summed E-state index contributed by atoms with van der Waals surface area (Å²) in [4.78, 5) is 4.48. The first-order valence-corrected chi connectivity index (χ1v) is 6.02. The number of allylic oxidation sites excluding steroid dienone is 1. The minimum Gasteiger partial charge on any atom is -0.472 e. The second-order valence-electron chi connectivity index (χ2n) is 4.15. The fourth-order valence-corrected chi connectivity index (χ4v) is 2.03. The summed E-state index contributed by atoms with van der Waals surface area (Å²) in [5, 5.41) is 9.09. The van der Waals surface area contributed by atoms with E-state index in [-0.39, 0.29) is 0 Å². The van der Waals surface area contributed by atoms with Crippen molar-refractivity contribution in [1.29, 1.82) is 5.26 Å². The molecule has 0 N–H and O–H groups in total. The normalized spacial score (nSPS) is 14.4. The SMILES string of the molecule is CC=CCOc1nc2c(cc1C#N)CCCC2. The number of hydrogen-bond acceptors (Lipinski definition) is 3. The van der Waals surface area contributed by atoms with Crippen molar-refractivity contribution in [3.63, 3.8) is 0 Å². The van der Waals surface area contributed by atoms with Crippen LogP contribution in [0, 0.1) is 11.3 Å². The van der Waals surface area contributed by atoms with Gasteiger partial charge in [0, 0.05) is 5.69 Å². The van der Waals surface area contributed by atoms with Gasteiger partial charge in [-0.1, -0.05) is 12.2 Å². The van der Waals surface area contributed by atoms with Crippen LogP contribution in [0.15, 0.2) is 18.2 Å². The molecule has 0 spiro atoms. The smallest absolute Gasteiger partial charge is 0.232 e. The van der Waals surface area contributed by atoms with E-state index in [9.17, 15) is 0 Å². The molecule has 3 nitrogen and oxygen atoms in total. The third-order valence-electron chi connectivity index (χ3n) is 2.94. The van der Waals surface area contributed by atoms with E-state index in [4.69, 9.17) is 10.00 Å². The van der Waals surface area contributed by atoms with Crippen LogP contribution in [-0.4, -0.2) is 11.6 Å². The van der Waals surface area contributed by atoms with Gasteiger partial charge in [-0.2, -0.15) is 5.26 Å². The predicted molar refractivity (Wildman–Crippen MR) is 65.9 cm³/mol. The van der Waals surface area contributed by atoms with Crippen LogP contribution in [0.2, 0.25) is 0 Å². The van der Waals surface area contributed by atoms with Crippen molar-refractivity contribution in [2.24, 2.45) is 0 Å². The van der Waals surface area contributed by atoms with Crippen LogP contribution in [0.5, 0.6) is 5.88 Å². The second kappa shape index (κ2) is 5.49. The molecule has 0 saturated heterocycles. The van der Waals surface area contributed by atoms with Gasteiger partial charge in [-0.25, -0.2) is 4.98 Å². The summed E-state index contributed by atoms with van der Waals surface area (Å²) in [6.45, 7) is 2.41. The zero-order valence-corrected chi connectivity index (χ0v) is 10.1. The average Bonchev–Trinajstić information content (AvgIpc) is 2.38. The fraction of sp³-hybridized carbons (Fsp3) is 0.429. The maximum absolute atomic E-state index is 9.09. The Hall–Kier alpha value is -1.82. The summed E-state index contributed by atoms with van der Waals surface area (Å²) in [6.07, 6.45) is 8.23. The van der Waals surface area contributed by atoms with E-state index in [0.717, 1.165) is 18.5 Å². The molecule has 0 aromatic carbocycles. The summed E-state index contributed by atoms with van der Waals surface area (Å²) in [6, 6.07) is 4.10. The number of ether oxygens (including phenoxy) is 1. The van der Waals surface area contributed by atoms with Crippen LogP contribution in [0.25, 0.3) is 0 Å². The Morgan fingerprint density at radius 2 is 2.29 bits per heavy atom. The van der Waals surface area contributed by atoms with Gasteiger partial charge < -0.3 is 4.74 Å². The molecule has 1 aliphatic rings. The minimum atomic E-state index is 0.469. The largest absolute Gasteiger partial charge is 0.472 e. The summed E-state index contributed by atoms with van der Waals surface area (Å²) < 4.78 is 5.51. The van der Waals surface area contributed by atoms with Gasteiger partial charge in [0.2, 0.25) is 5.88 Å². The Labute approximate surface area is 102 Å². The van der Waals surface area contributed by atoms with Gasteiger partial charge in [-0.05, 0) is 44.2 Å². The lowest BCUT2D eigenvalue weighted by molar-refractivity contribution is 0.345. The molecule has 1 aromatic heterocycles. The molecule has 0 radical (unpaired) electrons. The Balaban J connectivity index is 2.27. The molecule has 0 unspecified atom stereocenters. The van der Waals surface area contributed by atoms with Crippen LogP contribution in [-0.2, 0) is 12.8 Å². The first kappa shape index (κ1) is 11.7. The summed E-state index contributed by atoms with van der Waals surface area (Å²) in [5.74, 6) is 0.478. The van der Waals surface area contributed by atoms with Crippen LogP contribution in [0.3, 0.4) is 0 Å². The predicted octanol–water partition coefficient (Wildman–Crippen LogP) is 2.79. The summed E-state index contributed by atoms with van der Waals surface area (Å²) in [7, 11) is 0. The lowest BCUT2D eigenvalue weighted by Gasteiger charge is -2.16. The molecule has 88 valence electrons. The van der Waals surface area contributed by atoms with Crippen molar-refractivity contribution in [3.8, 4) is 11.9 Å². The number of rotatable bonds is 3. The van der Waals surface area contributed by atoms with Crippen LogP contribution in [0.1, 0.15) is 36.6 Å². The van der Waals surface area contributed by atoms with Crippen LogP contribution >= 0.6 is 0 Å². The Bertz CT molecular complexity index is 472. The zero-order chi connectivity index (χ0) is 12.1. The first-order valence-electron chi connectivity index (χ1n) is 6.02. The van der Waals surface area contributed by atoms with Crippen molar-refractivity contribution in [3.05, 3.63) is 35.0 Å². The number of nitrogens with zero attached hydrogens (tertiary/aromatic N) is 2. The maximum atomic E-state index is 9.09. The Morgan fingerprint density at radius 3 is 3.06 bits per heavy atom. The third-order valence-corrected chi connectivity index (χ3v) is 2.94. The van der Waals surface area contributed by atoms with Crippen molar-refractivity contribution in [2.75, 3.05) is 6.61 Å². The highest BCUT2D eigenvalue weighted by atomic mass is 16.5. The lowest BCUT2D eigenvalue weighted by atomic mass is 9.95. The molecule has 0 amide bonds. The van der Waals surface area contributed by atoms with Gasteiger partial charge in [0.05, 0.1) is 0 Å². The van der Waals surface area contributed by atoms with Gasteiger partial charge in [-0.15, -0.1) is 0 Å². The van der Waals surface area contributed by atoms with E-state index in [1.165, 1.54) is 18.4 Å². The summed E-state index contributed by atoms with van der Waals surface area (Å²) >= 11 is 0. The van der Waals surface area contributed by atoms with Gasteiger partial charge in [-0.3, -0.25) is 0 Å². The molecular weight excluding hydrogens is 212 g/mol. The highest BCUT2D eigenvalue weighted by Gasteiger charge is 2.15. The van der Waals surface area contributed by atoms with E-state index in [1.54, 1.807) is 0 Å². The fourth-order valence-electron chi connectivity index (χ4n) is 2.03. The highest BCUT2D eigenvalue weighted by Crippen LogP contribution is 2.25. The molecule has 0 atom stereocenters. The van der Waals surface area contributed by atoms with E-state index < -0.39 is 0 Å². The first-order chi connectivity index (χ1) is 8.35. The van der Waals surface area contributed by atoms with Crippen molar-refractivity contribution in [1.82, 2.24) is 4.98 Å². The number of aromatic nitrogens is 1. The average molecular weight is 228 g/mol. The van der Waals surface area contributed by atoms with Crippen molar-refractivity contribution >= 4 is 0 Å². The molecule has 0 aliphatic heterocycles. The zero-order valence-electron chi connectivity index (χ0n) is 10.1. The standard InChI is InChI=1S/C14H16N2O/c1-2-3-8-17-14-12(10-15)9-11-6-4-5-7-13(11)16-14/h2-3,9H,4-8H2,1H3. The van der Waals surface area contributed by atoms with Crippen molar-refractivity contribution < 1.29 is 4.74 Å². The Kier molecular flexibility index (Phi) is 3.77. The molecule has 1 aliphatic carbocycles. The number of pyridine rings is 1. The molecule has 2 rings (SSSR count). The summed E-state index contributed by atoms with van der Waals surface area (Å²) in [5.41, 5.74) is 2.87. The molecule has 17 heavy (non-hydrogen) atoms.